The Bertz CT molecular complexity index is 787. The van der Waals surface area contributed by atoms with Crippen molar-refractivity contribution in [1.29, 1.82) is 0 Å². The van der Waals surface area contributed by atoms with Gasteiger partial charge < -0.3 is 13.7 Å². The summed E-state index contributed by atoms with van der Waals surface area (Å²) in [4.78, 5) is 14.1. The van der Waals surface area contributed by atoms with E-state index in [0.29, 0.717) is 16.9 Å². The lowest BCUT2D eigenvalue weighted by molar-refractivity contribution is -0.128. The number of hydrogen-bond donors (Lipinski definition) is 0. The van der Waals surface area contributed by atoms with E-state index >= 15 is 0 Å². The molecule has 2 heterocycles. The first kappa shape index (κ1) is 16.3. The number of rotatable bonds is 6. The Morgan fingerprint density at radius 2 is 2.00 bits per heavy atom. The molecule has 0 aliphatic carbocycles. The highest BCUT2D eigenvalue weighted by Gasteiger charge is 2.19. The minimum absolute atomic E-state index is 0.000616. The fourth-order valence-corrected chi connectivity index (χ4v) is 2.85. The molecule has 0 aliphatic rings. The van der Waals surface area contributed by atoms with Gasteiger partial charge in [0, 0.05) is 7.05 Å². The van der Waals surface area contributed by atoms with Gasteiger partial charge in [-0.15, -0.1) is 10.2 Å². The molecule has 0 saturated heterocycles. The molecule has 1 aromatic carbocycles. The maximum atomic E-state index is 12.4. The zero-order chi connectivity index (χ0) is 16.9. The zero-order valence-corrected chi connectivity index (χ0v) is 14.2. The Balaban J connectivity index is 1.57. The van der Waals surface area contributed by atoms with Crippen LogP contribution in [-0.4, -0.2) is 33.8 Å². The van der Waals surface area contributed by atoms with Crippen molar-refractivity contribution < 1.29 is 13.6 Å². The minimum Gasteiger partial charge on any atom is -0.459 e. The molecule has 124 valence electrons. The molecule has 1 amide bonds. The van der Waals surface area contributed by atoms with Crippen LogP contribution in [0.4, 0.5) is 0 Å². The molecule has 0 saturated carbocycles. The van der Waals surface area contributed by atoms with Crippen LogP contribution in [0.3, 0.4) is 0 Å². The van der Waals surface area contributed by atoms with Gasteiger partial charge in [-0.25, -0.2) is 0 Å². The average Bonchev–Trinajstić information content (AvgIpc) is 3.30. The number of aromatic nitrogens is 2. The standard InChI is InChI=1S/C17H17N3O3S/c1-12(13-7-4-3-5-8-13)20(2)15(21)11-24-17-19-18-16(23-17)14-9-6-10-22-14/h3-10,12H,11H2,1-2H3. The van der Waals surface area contributed by atoms with Crippen molar-refractivity contribution in [1.82, 2.24) is 15.1 Å². The summed E-state index contributed by atoms with van der Waals surface area (Å²) in [5.74, 6) is 1.04. The first-order valence-electron chi connectivity index (χ1n) is 7.46. The van der Waals surface area contributed by atoms with Gasteiger partial charge in [0.25, 0.3) is 11.1 Å². The smallest absolute Gasteiger partial charge is 0.284 e. The third-order valence-electron chi connectivity index (χ3n) is 3.71. The number of carbonyl (C=O) groups is 1. The van der Waals surface area contributed by atoms with E-state index in [4.69, 9.17) is 8.83 Å². The van der Waals surface area contributed by atoms with E-state index in [1.807, 2.05) is 37.3 Å². The topological polar surface area (TPSA) is 72.4 Å². The van der Waals surface area contributed by atoms with Crippen LogP contribution in [0.1, 0.15) is 18.5 Å². The number of thioether (sulfide) groups is 1. The molecule has 0 bridgehead atoms. The summed E-state index contributed by atoms with van der Waals surface area (Å²) in [5.41, 5.74) is 1.09. The molecule has 6 nitrogen and oxygen atoms in total. The van der Waals surface area contributed by atoms with Gasteiger partial charge >= 0.3 is 0 Å². The number of amides is 1. The third-order valence-corrected chi connectivity index (χ3v) is 4.52. The lowest BCUT2D eigenvalue weighted by Crippen LogP contribution is -2.31. The first-order valence-corrected chi connectivity index (χ1v) is 8.44. The predicted molar refractivity (Wildman–Crippen MR) is 90.4 cm³/mol. The van der Waals surface area contributed by atoms with Crippen LogP contribution in [0.5, 0.6) is 0 Å². The molecule has 3 rings (SSSR count). The average molecular weight is 343 g/mol. The van der Waals surface area contributed by atoms with E-state index in [-0.39, 0.29) is 17.7 Å². The van der Waals surface area contributed by atoms with Crippen molar-refractivity contribution in [3.63, 3.8) is 0 Å². The van der Waals surface area contributed by atoms with Gasteiger partial charge in [-0.3, -0.25) is 4.79 Å². The fraction of sp³-hybridized carbons (Fsp3) is 0.235. The molecule has 1 unspecified atom stereocenters. The van der Waals surface area contributed by atoms with Crippen molar-refractivity contribution in [2.75, 3.05) is 12.8 Å². The van der Waals surface area contributed by atoms with Gasteiger partial charge in [-0.2, -0.15) is 0 Å². The molecule has 24 heavy (non-hydrogen) atoms. The summed E-state index contributed by atoms with van der Waals surface area (Å²) in [5, 5.41) is 8.17. The number of hydrogen-bond acceptors (Lipinski definition) is 6. The molecule has 0 N–H and O–H groups in total. The molecule has 0 fully saturated rings. The van der Waals surface area contributed by atoms with Crippen LogP contribution in [0, 0.1) is 0 Å². The summed E-state index contributed by atoms with van der Waals surface area (Å²) in [7, 11) is 1.79. The van der Waals surface area contributed by atoms with Crippen molar-refractivity contribution >= 4 is 17.7 Å². The Hall–Kier alpha value is -2.54. The third kappa shape index (κ3) is 3.68. The van der Waals surface area contributed by atoms with Gasteiger partial charge in [0.05, 0.1) is 18.1 Å². The number of furan rings is 1. The van der Waals surface area contributed by atoms with Crippen LogP contribution in [-0.2, 0) is 4.79 Å². The van der Waals surface area contributed by atoms with Gasteiger partial charge in [-0.05, 0) is 24.6 Å². The van der Waals surface area contributed by atoms with Crippen LogP contribution >= 0.6 is 11.8 Å². The maximum Gasteiger partial charge on any atom is 0.284 e. The van der Waals surface area contributed by atoms with E-state index in [1.54, 1.807) is 24.1 Å². The monoisotopic (exact) mass is 343 g/mol. The van der Waals surface area contributed by atoms with E-state index < -0.39 is 0 Å². The van der Waals surface area contributed by atoms with Gasteiger partial charge in [0.1, 0.15) is 0 Å². The van der Waals surface area contributed by atoms with Crippen LogP contribution in [0.2, 0.25) is 0 Å². The summed E-state index contributed by atoms with van der Waals surface area (Å²) in [6.45, 7) is 2.00. The Morgan fingerprint density at radius 3 is 2.71 bits per heavy atom. The second kappa shape index (κ2) is 7.35. The van der Waals surface area contributed by atoms with Crippen molar-refractivity contribution in [2.45, 2.75) is 18.2 Å². The molecule has 1 atom stereocenters. The second-order valence-corrected chi connectivity index (χ2v) is 6.16. The van der Waals surface area contributed by atoms with Gasteiger partial charge in [-0.1, -0.05) is 42.1 Å². The van der Waals surface area contributed by atoms with Crippen molar-refractivity contribution in [3.8, 4) is 11.7 Å². The lowest BCUT2D eigenvalue weighted by atomic mass is 10.1. The Kier molecular flexibility index (Phi) is 5.00. The van der Waals surface area contributed by atoms with E-state index in [1.165, 1.54) is 18.0 Å². The van der Waals surface area contributed by atoms with E-state index in [0.717, 1.165) is 5.56 Å². The second-order valence-electron chi connectivity index (χ2n) is 5.23. The Morgan fingerprint density at radius 1 is 1.21 bits per heavy atom. The van der Waals surface area contributed by atoms with Crippen LogP contribution in [0.25, 0.3) is 11.7 Å². The Labute approximate surface area is 143 Å². The predicted octanol–water partition coefficient (Wildman–Crippen LogP) is 3.64. The highest BCUT2D eigenvalue weighted by molar-refractivity contribution is 7.99. The van der Waals surface area contributed by atoms with Crippen molar-refractivity contribution in [2.24, 2.45) is 0 Å². The number of nitrogens with zero attached hydrogens (tertiary/aromatic N) is 3. The zero-order valence-electron chi connectivity index (χ0n) is 13.4. The molecule has 0 aliphatic heterocycles. The van der Waals surface area contributed by atoms with Crippen LogP contribution < -0.4 is 0 Å². The van der Waals surface area contributed by atoms with Crippen molar-refractivity contribution in [3.05, 3.63) is 54.3 Å². The lowest BCUT2D eigenvalue weighted by Gasteiger charge is -2.25. The summed E-state index contributed by atoms with van der Waals surface area (Å²) < 4.78 is 10.7. The molecule has 0 radical (unpaired) electrons. The molecular formula is C17H17N3O3S. The summed E-state index contributed by atoms with van der Waals surface area (Å²) in [6, 6.07) is 13.4. The van der Waals surface area contributed by atoms with Crippen LogP contribution in [0.15, 0.2) is 62.8 Å². The SMILES string of the molecule is CC(c1ccccc1)N(C)C(=O)CSc1nnc(-c2ccco2)o1. The highest BCUT2D eigenvalue weighted by Crippen LogP contribution is 2.25. The molecule has 2 aromatic heterocycles. The molecular weight excluding hydrogens is 326 g/mol. The first-order chi connectivity index (χ1) is 11.6. The molecule has 7 heteroatoms. The van der Waals surface area contributed by atoms with E-state index in [9.17, 15) is 4.79 Å². The summed E-state index contributed by atoms with van der Waals surface area (Å²) in [6.07, 6.45) is 1.54. The fourth-order valence-electron chi connectivity index (χ4n) is 2.16. The van der Waals surface area contributed by atoms with Gasteiger partial charge in [0.15, 0.2) is 5.76 Å². The quantitative estimate of drug-likeness (QED) is 0.636. The largest absolute Gasteiger partial charge is 0.459 e. The normalized spacial score (nSPS) is 12.1. The summed E-state index contributed by atoms with van der Waals surface area (Å²) >= 11 is 1.21. The maximum absolute atomic E-state index is 12.4. The van der Waals surface area contributed by atoms with Gasteiger partial charge in [0.2, 0.25) is 5.91 Å². The molecule has 3 aromatic rings. The highest BCUT2D eigenvalue weighted by atomic mass is 32.2. The molecule has 0 spiro atoms. The number of carbonyl (C=O) groups excluding carboxylic acids is 1. The number of benzene rings is 1. The van der Waals surface area contributed by atoms with E-state index in [2.05, 4.69) is 10.2 Å². The minimum atomic E-state index is -0.00546.